The summed E-state index contributed by atoms with van der Waals surface area (Å²) in [4.78, 5) is 12.6. The second-order valence-electron chi connectivity index (χ2n) is 8.20. The van der Waals surface area contributed by atoms with Gasteiger partial charge in [0.1, 0.15) is 5.76 Å². The van der Waals surface area contributed by atoms with Crippen LogP contribution in [0.3, 0.4) is 0 Å². The molecule has 7 heteroatoms. The van der Waals surface area contributed by atoms with Crippen molar-refractivity contribution in [3.05, 3.63) is 87.9 Å². The van der Waals surface area contributed by atoms with E-state index in [1.807, 2.05) is 24.3 Å². The summed E-state index contributed by atoms with van der Waals surface area (Å²) in [6.45, 7) is 0.108. The molecule has 0 atom stereocenters. The maximum atomic E-state index is 13.7. The quantitative estimate of drug-likeness (QED) is 0.351. The van der Waals surface area contributed by atoms with Gasteiger partial charge in [0.25, 0.3) is 5.91 Å². The number of hydrogen-bond acceptors (Lipinski definition) is 3. The fourth-order valence-electron chi connectivity index (χ4n) is 4.13. The molecular formula is C25H18ClF2NO3. The molecular weight excluding hydrogens is 436 g/mol. The normalized spacial score (nSPS) is 17.7. The Kier molecular flexibility index (Phi) is 4.80. The van der Waals surface area contributed by atoms with Crippen molar-refractivity contribution >= 4 is 34.5 Å². The second-order valence-corrected chi connectivity index (χ2v) is 8.61. The molecule has 0 unspecified atom stereocenters. The Hall–Kier alpha value is -3.22. The van der Waals surface area contributed by atoms with Crippen LogP contribution in [0, 0.1) is 11.6 Å². The predicted molar refractivity (Wildman–Crippen MR) is 119 cm³/mol. The van der Waals surface area contributed by atoms with E-state index in [9.17, 15) is 23.8 Å². The fourth-order valence-corrected chi connectivity index (χ4v) is 4.40. The molecule has 3 aromatic carbocycles. The summed E-state index contributed by atoms with van der Waals surface area (Å²) in [7, 11) is 0. The van der Waals surface area contributed by atoms with Crippen molar-refractivity contribution < 1.29 is 23.8 Å². The van der Waals surface area contributed by atoms with Crippen LogP contribution in [0.2, 0.25) is 5.02 Å². The average Bonchev–Trinajstić information content (AvgIpc) is 3.52. The Bertz CT molecular complexity index is 1300. The number of aliphatic hydroxyl groups is 2. The summed E-state index contributed by atoms with van der Waals surface area (Å²) in [5.74, 6) is -3.19. The first-order valence-corrected chi connectivity index (χ1v) is 10.5. The largest absolute Gasteiger partial charge is 0.506 e. The van der Waals surface area contributed by atoms with Crippen LogP contribution < -0.4 is 5.32 Å². The summed E-state index contributed by atoms with van der Waals surface area (Å²) in [5.41, 5.74) is 3.15. The highest BCUT2D eigenvalue weighted by atomic mass is 35.5. The van der Waals surface area contributed by atoms with Gasteiger partial charge in [-0.2, -0.15) is 0 Å². The zero-order valence-corrected chi connectivity index (χ0v) is 17.5. The number of fused-ring (bicyclic) bond motifs is 1. The molecule has 4 nitrogen and oxygen atoms in total. The standard InChI is InChI=1S/C25H18ClF2NO3/c26-18-11-21-17(10-16(18)13-1-4-15(5-2-13)25(12-30)7-8-25)22(24(32)29-21)23(31)14-3-6-19(27)20(28)9-14/h1-6,9-11,30-31H,7-8,12H2,(H,29,32)/b23-22-. The number of nitrogens with one attached hydrogen (secondary N) is 1. The lowest BCUT2D eigenvalue weighted by molar-refractivity contribution is -0.110. The molecule has 1 saturated carbocycles. The Morgan fingerprint density at radius 2 is 1.72 bits per heavy atom. The molecule has 1 amide bonds. The van der Waals surface area contributed by atoms with Gasteiger partial charge in [-0.25, -0.2) is 8.78 Å². The van der Waals surface area contributed by atoms with Crippen LogP contribution in [0.4, 0.5) is 14.5 Å². The zero-order chi connectivity index (χ0) is 22.6. The Morgan fingerprint density at radius 3 is 2.34 bits per heavy atom. The lowest BCUT2D eigenvalue weighted by Crippen LogP contribution is -2.11. The molecule has 0 saturated heterocycles. The molecule has 32 heavy (non-hydrogen) atoms. The van der Waals surface area contributed by atoms with Crippen LogP contribution in [-0.4, -0.2) is 22.7 Å². The maximum Gasteiger partial charge on any atom is 0.260 e. The third kappa shape index (κ3) is 3.27. The van der Waals surface area contributed by atoms with Crippen LogP contribution in [-0.2, 0) is 10.2 Å². The van der Waals surface area contributed by atoms with E-state index < -0.39 is 23.3 Å². The molecule has 0 spiro atoms. The summed E-state index contributed by atoms with van der Waals surface area (Å²) in [6.07, 6.45) is 1.90. The number of halogens is 3. The van der Waals surface area contributed by atoms with Crippen molar-refractivity contribution in [2.45, 2.75) is 18.3 Å². The van der Waals surface area contributed by atoms with E-state index >= 15 is 0 Å². The van der Waals surface area contributed by atoms with Crippen molar-refractivity contribution in [3.63, 3.8) is 0 Å². The van der Waals surface area contributed by atoms with Crippen molar-refractivity contribution in [1.82, 2.24) is 0 Å². The van der Waals surface area contributed by atoms with E-state index in [1.54, 1.807) is 12.1 Å². The number of amides is 1. The number of carbonyl (C=O) groups excluding carboxylic acids is 1. The second kappa shape index (κ2) is 7.43. The van der Waals surface area contributed by atoms with Gasteiger partial charge in [-0.15, -0.1) is 0 Å². The molecule has 1 fully saturated rings. The number of benzene rings is 3. The van der Waals surface area contributed by atoms with Gasteiger partial charge >= 0.3 is 0 Å². The van der Waals surface area contributed by atoms with Crippen molar-refractivity contribution in [2.75, 3.05) is 11.9 Å². The molecule has 0 bridgehead atoms. The highest BCUT2D eigenvalue weighted by Gasteiger charge is 2.43. The molecule has 0 aromatic heterocycles. The van der Waals surface area contributed by atoms with E-state index in [0.717, 1.165) is 36.1 Å². The van der Waals surface area contributed by atoms with Crippen LogP contribution in [0.1, 0.15) is 29.5 Å². The van der Waals surface area contributed by atoms with E-state index in [1.165, 1.54) is 6.07 Å². The first-order valence-electron chi connectivity index (χ1n) is 10.1. The smallest absolute Gasteiger partial charge is 0.260 e. The Balaban J connectivity index is 1.59. The van der Waals surface area contributed by atoms with Gasteiger partial charge in [0.15, 0.2) is 11.6 Å². The molecule has 0 radical (unpaired) electrons. The highest BCUT2D eigenvalue weighted by Crippen LogP contribution is 2.48. The summed E-state index contributed by atoms with van der Waals surface area (Å²) in [5, 5.41) is 23.4. The molecule has 3 N–H and O–H groups in total. The molecule has 1 heterocycles. The first kappa shape index (κ1) is 20.7. The highest BCUT2D eigenvalue weighted by molar-refractivity contribution is 6.38. The van der Waals surface area contributed by atoms with E-state index in [4.69, 9.17) is 11.6 Å². The number of carbonyl (C=O) groups is 1. The van der Waals surface area contributed by atoms with E-state index in [2.05, 4.69) is 5.32 Å². The van der Waals surface area contributed by atoms with Gasteiger partial charge in [-0.1, -0.05) is 35.9 Å². The van der Waals surface area contributed by atoms with Gasteiger partial charge in [-0.05, 0) is 54.3 Å². The lowest BCUT2D eigenvalue weighted by Gasteiger charge is -2.14. The van der Waals surface area contributed by atoms with Crippen LogP contribution in [0.15, 0.2) is 54.6 Å². The van der Waals surface area contributed by atoms with Crippen LogP contribution in [0.25, 0.3) is 22.5 Å². The topological polar surface area (TPSA) is 69.6 Å². The van der Waals surface area contributed by atoms with E-state index in [-0.39, 0.29) is 23.2 Å². The maximum absolute atomic E-state index is 13.7. The monoisotopic (exact) mass is 453 g/mol. The Morgan fingerprint density at radius 1 is 1.00 bits per heavy atom. The molecule has 1 aliphatic heterocycles. The molecule has 162 valence electrons. The number of aliphatic hydroxyl groups excluding tert-OH is 2. The molecule has 3 aromatic rings. The summed E-state index contributed by atoms with van der Waals surface area (Å²) >= 11 is 6.48. The van der Waals surface area contributed by atoms with Gasteiger partial charge in [-0.3, -0.25) is 4.79 Å². The van der Waals surface area contributed by atoms with Gasteiger partial charge in [0, 0.05) is 22.1 Å². The fraction of sp³-hybridized carbons (Fsp3) is 0.160. The lowest BCUT2D eigenvalue weighted by atomic mass is 9.93. The predicted octanol–water partition coefficient (Wildman–Crippen LogP) is 5.69. The third-order valence-electron chi connectivity index (χ3n) is 6.25. The first-order chi connectivity index (χ1) is 15.3. The van der Waals surface area contributed by atoms with Crippen molar-refractivity contribution in [3.8, 4) is 11.1 Å². The zero-order valence-electron chi connectivity index (χ0n) is 16.8. The minimum Gasteiger partial charge on any atom is -0.506 e. The number of rotatable bonds is 4. The minimum atomic E-state index is -1.12. The Labute approximate surface area is 187 Å². The summed E-state index contributed by atoms with van der Waals surface area (Å²) in [6, 6.07) is 14.0. The van der Waals surface area contributed by atoms with Crippen molar-refractivity contribution in [1.29, 1.82) is 0 Å². The average molecular weight is 454 g/mol. The molecule has 1 aliphatic carbocycles. The third-order valence-corrected chi connectivity index (χ3v) is 6.56. The minimum absolute atomic E-state index is 0.0125. The van der Waals surface area contributed by atoms with Gasteiger partial charge < -0.3 is 15.5 Å². The van der Waals surface area contributed by atoms with E-state index in [0.29, 0.717) is 21.8 Å². The van der Waals surface area contributed by atoms with Gasteiger partial charge in [0.2, 0.25) is 0 Å². The number of hydrogen-bond donors (Lipinski definition) is 3. The number of anilines is 1. The van der Waals surface area contributed by atoms with Crippen LogP contribution >= 0.6 is 11.6 Å². The van der Waals surface area contributed by atoms with Crippen molar-refractivity contribution in [2.24, 2.45) is 0 Å². The van der Waals surface area contributed by atoms with Crippen LogP contribution in [0.5, 0.6) is 0 Å². The molecule has 5 rings (SSSR count). The SMILES string of the molecule is O=C1Nc2cc(Cl)c(-c3ccc(C4(CO)CC4)cc3)cc2/C1=C(/O)c1ccc(F)c(F)c1. The van der Waals surface area contributed by atoms with Gasteiger partial charge in [0.05, 0.1) is 22.9 Å². The summed E-state index contributed by atoms with van der Waals surface area (Å²) < 4.78 is 27.0. The molecule has 2 aliphatic rings.